The Morgan fingerprint density at radius 2 is 1.78 bits per heavy atom. The van der Waals surface area contributed by atoms with Gasteiger partial charge >= 0.3 is 5.69 Å². The van der Waals surface area contributed by atoms with E-state index in [2.05, 4.69) is 15.4 Å². The topological polar surface area (TPSA) is 109 Å². The van der Waals surface area contributed by atoms with E-state index in [0.29, 0.717) is 29.8 Å². The molecule has 0 aliphatic heterocycles. The van der Waals surface area contributed by atoms with Crippen molar-refractivity contribution in [3.63, 3.8) is 0 Å². The molecule has 0 atom stereocenters. The number of fused-ring (bicyclic) bond motifs is 1. The number of carbonyl (C=O) groups excluding carboxylic acids is 1. The van der Waals surface area contributed by atoms with Crippen molar-refractivity contribution in [1.82, 2.24) is 28.5 Å². The first-order valence-corrected chi connectivity index (χ1v) is 10.3. The summed E-state index contributed by atoms with van der Waals surface area (Å²) < 4.78 is 5.90. The van der Waals surface area contributed by atoms with E-state index in [4.69, 9.17) is 0 Å². The summed E-state index contributed by atoms with van der Waals surface area (Å²) in [7, 11) is 3.02. The van der Waals surface area contributed by atoms with Gasteiger partial charge in [-0.1, -0.05) is 18.2 Å². The van der Waals surface area contributed by atoms with Crippen LogP contribution in [0.25, 0.3) is 16.9 Å². The van der Waals surface area contributed by atoms with Gasteiger partial charge in [0.2, 0.25) is 5.91 Å². The first-order valence-electron chi connectivity index (χ1n) is 10.3. The predicted octanol–water partition coefficient (Wildman–Crippen LogP) is 1.66. The first-order chi connectivity index (χ1) is 15.3. The van der Waals surface area contributed by atoms with Crippen molar-refractivity contribution in [2.24, 2.45) is 14.1 Å². The predicted molar refractivity (Wildman–Crippen MR) is 121 cm³/mol. The summed E-state index contributed by atoms with van der Waals surface area (Å²) in [4.78, 5) is 41.4. The van der Waals surface area contributed by atoms with Gasteiger partial charge in [0.25, 0.3) is 5.56 Å². The van der Waals surface area contributed by atoms with Gasteiger partial charge in [0, 0.05) is 27.1 Å². The molecule has 10 heteroatoms. The summed E-state index contributed by atoms with van der Waals surface area (Å²) in [6.07, 6.45) is 2.30. The second-order valence-corrected chi connectivity index (χ2v) is 7.76. The smallest absolute Gasteiger partial charge is 0.325 e. The number of imidazole rings is 1. The van der Waals surface area contributed by atoms with E-state index in [-0.39, 0.29) is 12.3 Å². The third-order valence-electron chi connectivity index (χ3n) is 5.58. The van der Waals surface area contributed by atoms with Crippen LogP contribution in [0.15, 0.2) is 46.2 Å². The number of benzene rings is 1. The van der Waals surface area contributed by atoms with Crippen LogP contribution in [0.2, 0.25) is 0 Å². The molecule has 4 aromatic rings. The zero-order valence-electron chi connectivity index (χ0n) is 18.5. The second-order valence-electron chi connectivity index (χ2n) is 7.76. The Labute approximate surface area is 183 Å². The minimum atomic E-state index is -0.422. The highest BCUT2D eigenvalue weighted by molar-refractivity contribution is 5.92. The minimum absolute atomic E-state index is 0.131. The molecule has 0 bridgehead atoms. The molecule has 0 saturated carbocycles. The maximum Gasteiger partial charge on any atom is 0.332 e. The van der Waals surface area contributed by atoms with E-state index in [1.807, 2.05) is 48.9 Å². The van der Waals surface area contributed by atoms with Gasteiger partial charge in [0.1, 0.15) is 0 Å². The quantitative estimate of drug-likeness (QED) is 0.495. The molecule has 32 heavy (non-hydrogen) atoms. The van der Waals surface area contributed by atoms with Gasteiger partial charge in [-0.15, -0.1) is 0 Å². The van der Waals surface area contributed by atoms with Gasteiger partial charge < -0.3 is 9.88 Å². The highest BCUT2D eigenvalue weighted by atomic mass is 16.2. The lowest BCUT2D eigenvalue weighted by molar-refractivity contribution is -0.116. The average molecular weight is 435 g/mol. The molecule has 0 unspecified atom stereocenters. The fraction of sp³-hybridized carbons (Fsp3) is 0.318. The number of aryl methyl sites for hydroxylation is 3. The molecule has 0 radical (unpaired) electrons. The Morgan fingerprint density at radius 1 is 1.06 bits per heavy atom. The van der Waals surface area contributed by atoms with E-state index in [9.17, 15) is 14.4 Å². The largest absolute Gasteiger partial charge is 0.332 e. The number of carbonyl (C=O) groups is 1. The summed E-state index contributed by atoms with van der Waals surface area (Å²) in [6.45, 7) is 4.21. The molecule has 0 aliphatic carbocycles. The minimum Gasteiger partial charge on any atom is -0.325 e. The zero-order valence-corrected chi connectivity index (χ0v) is 18.5. The Morgan fingerprint density at radius 3 is 2.50 bits per heavy atom. The number of hydrogen-bond acceptors (Lipinski definition) is 5. The Bertz CT molecular complexity index is 1420. The highest BCUT2D eigenvalue weighted by Crippen LogP contribution is 2.23. The molecule has 166 valence electrons. The number of aromatic nitrogens is 6. The first kappa shape index (κ1) is 21.3. The molecule has 1 amide bonds. The Kier molecular flexibility index (Phi) is 5.52. The Hall–Kier alpha value is -3.95. The van der Waals surface area contributed by atoms with Crippen molar-refractivity contribution in [2.45, 2.75) is 33.2 Å². The number of anilines is 1. The molecule has 10 nitrogen and oxygen atoms in total. The summed E-state index contributed by atoms with van der Waals surface area (Å²) in [5.41, 5.74) is 3.09. The van der Waals surface area contributed by atoms with Crippen molar-refractivity contribution < 1.29 is 4.79 Å². The SMILES string of the molecule is Cc1nn(-c2ccccc2)c(C)c1NC(=O)CCCn1cnc2c1c(=O)n(C)c(=O)n2C. The van der Waals surface area contributed by atoms with Crippen LogP contribution >= 0.6 is 0 Å². The van der Waals surface area contributed by atoms with Gasteiger partial charge in [-0.2, -0.15) is 5.10 Å². The van der Waals surface area contributed by atoms with Crippen LogP contribution in [0.1, 0.15) is 24.2 Å². The molecule has 1 N–H and O–H groups in total. The normalized spacial score (nSPS) is 11.2. The second kappa shape index (κ2) is 8.29. The van der Waals surface area contributed by atoms with Crippen LogP contribution in [0, 0.1) is 13.8 Å². The molecule has 3 heterocycles. The van der Waals surface area contributed by atoms with Crippen molar-refractivity contribution in [3.05, 3.63) is 68.9 Å². The molecular weight excluding hydrogens is 410 g/mol. The van der Waals surface area contributed by atoms with Crippen molar-refractivity contribution in [1.29, 1.82) is 0 Å². The van der Waals surface area contributed by atoms with E-state index in [0.717, 1.165) is 21.6 Å². The maximum atomic E-state index is 12.6. The number of amides is 1. The van der Waals surface area contributed by atoms with Gasteiger partial charge in [-0.25, -0.2) is 14.5 Å². The van der Waals surface area contributed by atoms with Crippen LogP contribution < -0.4 is 16.6 Å². The lowest BCUT2D eigenvalue weighted by Gasteiger charge is -2.08. The number of hydrogen-bond donors (Lipinski definition) is 1. The molecular formula is C22H25N7O3. The van der Waals surface area contributed by atoms with E-state index in [1.54, 1.807) is 11.6 Å². The van der Waals surface area contributed by atoms with Crippen molar-refractivity contribution in [2.75, 3.05) is 5.32 Å². The standard InChI is InChI=1S/C22H25N7O3/c1-14-18(15(2)29(25-14)16-9-6-5-7-10-16)24-17(30)11-8-12-28-13-23-20-19(28)21(31)27(4)22(32)26(20)3/h5-7,9-10,13H,8,11-12H2,1-4H3,(H,24,30). The molecule has 3 aromatic heterocycles. The van der Waals surface area contributed by atoms with Crippen LogP contribution in [-0.2, 0) is 25.4 Å². The third kappa shape index (κ3) is 3.64. The van der Waals surface area contributed by atoms with Gasteiger partial charge in [0.05, 0.1) is 29.1 Å². The van der Waals surface area contributed by atoms with E-state index >= 15 is 0 Å². The maximum absolute atomic E-state index is 12.6. The molecule has 4 rings (SSSR count). The number of nitrogens with zero attached hydrogens (tertiary/aromatic N) is 6. The summed E-state index contributed by atoms with van der Waals surface area (Å²) in [5.74, 6) is -0.131. The number of nitrogens with one attached hydrogen (secondary N) is 1. The van der Waals surface area contributed by atoms with Crippen LogP contribution in [-0.4, -0.2) is 34.4 Å². The molecule has 0 saturated heterocycles. The van der Waals surface area contributed by atoms with E-state index < -0.39 is 11.2 Å². The zero-order chi connectivity index (χ0) is 23.0. The third-order valence-corrected chi connectivity index (χ3v) is 5.58. The summed E-state index contributed by atoms with van der Waals surface area (Å²) in [6, 6.07) is 9.74. The van der Waals surface area contributed by atoms with Crippen molar-refractivity contribution in [3.8, 4) is 5.69 Å². The monoisotopic (exact) mass is 435 g/mol. The van der Waals surface area contributed by atoms with Crippen molar-refractivity contribution >= 4 is 22.8 Å². The molecule has 0 aliphatic rings. The summed E-state index contributed by atoms with van der Waals surface area (Å²) >= 11 is 0. The molecule has 1 aromatic carbocycles. The Balaban J connectivity index is 1.46. The van der Waals surface area contributed by atoms with Crippen LogP contribution in [0.5, 0.6) is 0 Å². The van der Waals surface area contributed by atoms with Gasteiger partial charge in [-0.05, 0) is 32.4 Å². The van der Waals surface area contributed by atoms with Crippen LogP contribution in [0.3, 0.4) is 0 Å². The number of para-hydroxylation sites is 1. The number of rotatable bonds is 6. The van der Waals surface area contributed by atoms with E-state index in [1.165, 1.54) is 17.9 Å². The van der Waals surface area contributed by atoms with Crippen LogP contribution in [0.4, 0.5) is 5.69 Å². The highest BCUT2D eigenvalue weighted by Gasteiger charge is 2.16. The van der Waals surface area contributed by atoms with Gasteiger partial charge in [0.15, 0.2) is 11.2 Å². The molecule has 0 spiro atoms. The lowest BCUT2D eigenvalue weighted by atomic mass is 10.2. The van der Waals surface area contributed by atoms with Gasteiger partial charge in [-0.3, -0.25) is 18.7 Å². The fourth-order valence-corrected chi connectivity index (χ4v) is 3.82. The lowest BCUT2D eigenvalue weighted by Crippen LogP contribution is -2.37. The average Bonchev–Trinajstić information content (AvgIpc) is 3.33. The summed E-state index contributed by atoms with van der Waals surface area (Å²) in [5, 5.41) is 7.51. The fourth-order valence-electron chi connectivity index (χ4n) is 3.82. The molecule has 0 fully saturated rings.